The van der Waals surface area contributed by atoms with Crippen LogP contribution in [0.1, 0.15) is 40.9 Å². The van der Waals surface area contributed by atoms with Crippen LogP contribution < -0.4 is 20.3 Å². The summed E-state index contributed by atoms with van der Waals surface area (Å²) in [4.78, 5) is 41.0. The lowest BCUT2D eigenvalue weighted by Gasteiger charge is -2.26. The first-order chi connectivity index (χ1) is 16.5. The van der Waals surface area contributed by atoms with Crippen LogP contribution in [-0.4, -0.2) is 48.6 Å². The normalized spacial score (nSPS) is 17.5. The predicted octanol–water partition coefficient (Wildman–Crippen LogP) is 2.54. The van der Waals surface area contributed by atoms with Crippen LogP contribution in [0, 0.1) is 5.92 Å². The lowest BCUT2D eigenvalue weighted by atomic mass is 9.93. The molecule has 0 fully saturated rings. The largest absolute Gasteiger partial charge is 0.497 e. The van der Waals surface area contributed by atoms with Crippen LogP contribution >= 0.6 is 0 Å². The molecular formula is C26H31N3O5. The Morgan fingerprint density at radius 2 is 1.94 bits per heavy atom. The SMILES string of the molecule is COc1cccc(CNC(=O)c2c(OC)cc(=O)n3c2CCN(C(=O)[C@@H]2CC=CCC2)CC3)c1. The van der Waals surface area contributed by atoms with Crippen molar-refractivity contribution in [2.24, 2.45) is 5.92 Å². The van der Waals surface area contributed by atoms with Gasteiger partial charge in [0.15, 0.2) is 0 Å². The topological polar surface area (TPSA) is 89.9 Å². The second-order valence-corrected chi connectivity index (χ2v) is 8.62. The molecule has 0 spiro atoms. The highest BCUT2D eigenvalue weighted by atomic mass is 16.5. The zero-order valence-corrected chi connectivity index (χ0v) is 19.7. The average molecular weight is 466 g/mol. The van der Waals surface area contributed by atoms with Crippen LogP contribution in [0.25, 0.3) is 0 Å². The molecule has 1 aliphatic carbocycles. The number of amides is 2. The third-order valence-corrected chi connectivity index (χ3v) is 6.56. The van der Waals surface area contributed by atoms with E-state index in [4.69, 9.17) is 9.47 Å². The monoisotopic (exact) mass is 465 g/mol. The number of nitrogens with zero attached hydrogens (tertiary/aromatic N) is 2. The molecule has 8 nitrogen and oxygen atoms in total. The molecule has 0 saturated carbocycles. The molecule has 2 heterocycles. The highest BCUT2D eigenvalue weighted by Crippen LogP contribution is 2.25. The van der Waals surface area contributed by atoms with Crippen molar-refractivity contribution in [2.45, 2.75) is 38.8 Å². The number of carbonyl (C=O) groups is 2. The first-order valence-corrected chi connectivity index (χ1v) is 11.7. The first kappa shape index (κ1) is 23.6. The third kappa shape index (κ3) is 5.00. The van der Waals surface area contributed by atoms with Gasteiger partial charge in [-0.3, -0.25) is 14.4 Å². The molecule has 1 aliphatic heterocycles. The van der Waals surface area contributed by atoms with Gasteiger partial charge in [-0.1, -0.05) is 24.3 Å². The Morgan fingerprint density at radius 3 is 2.68 bits per heavy atom. The van der Waals surface area contributed by atoms with Crippen LogP contribution in [0.3, 0.4) is 0 Å². The van der Waals surface area contributed by atoms with Gasteiger partial charge >= 0.3 is 0 Å². The number of carbonyl (C=O) groups excluding carboxylic acids is 2. The van der Waals surface area contributed by atoms with Crippen LogP contribution in [0.15, 0.2) is 47.3 Å². The third-order valence-electron chi connectivity index (χ3n) is 6.56. The highest BCUT2D eigenvalue weighted by Gasteiger charge is 2.29. The van der Waals surface area contributed by atoms with E-state index in [2.05, 4.69) is 17.5 Å². The smallest absolute Gasteiger partial charge is 0.257 e. The molecule has 180 valence electrons. The number of fused-ring (bicyclic) bond motifs is 1. The summed E-state index contributed by atoms with van der Waals surface area (Å²) in [5.74, 6) is 0.754. The summed E-state index contributed by atoms with van der Waals surface area (Å²) in [6, 6.07) is 8.82. The molecule has 2 aliphatic rings. The van der Waals surface area contributed by atoms with Gasteiger partial charge in [-0.25, -0.2) is 0 Å². The summed E-state index contributed by atoms with van der Waals surface area (Å²) in [5, 5.41) is 2.94. The number of benzene rings is 1. The fourth-order valence-corrected chi connectivity index (χ4v) is 4.70. The molecule has 0 radical (unpaired) electrons. The van der Waals surface area contributed by atoms with Crippen molar-refractivity contribution >= 4 is 11.8 Å². The number of hydrogen-bond acceptors (Lipinski definition) is 5. The van der Waals surface area contributed by atoms with E-state index < -0.39 is 0 Å². The molecule has 4 rings (SSSR count). The number of allylic oxidation sites excluding steroid dienone is 2. The number of rotatable bonds is 6. The number of pyridine rings is 1. The van der Waals surface area contributed by atoms with Gasteiger partial charge < -0.3 is 24.3 Å². The van der Waals surface area contributed by atoms with Crippen LogP contribution in [-0.2, 0) is 24.3 Å². The minimum atomic E-state index is -0.319. The molecule has 8 heteroatoms. The minimum Gasteiger partial charge on any atom is -0.497 e. The van der Waals surface area contributed by atoms with Crippen LogP contribution in [0.2, 0.25) is 0 Å². The van der Waals surface area contributed by atoms with Crippen LogP contribution in [0.5, 0.6) is 11.5 Å². The summed E-state index contributed by atoms with van der Waals surface area (Å²) in [6.45, 7) is 1.56. The van der Waals surface area contributed by atoms with E-state index in [1.807, 2.05) is 29.2 Å². The number of aromatic nitrogens is 1. The Bertz CT molecular complexity index is 1150. The fourth-order valence-electron chi connectivity index (χ4n) is 4.70. The van der Waals surface area contributed by atoms with Crippen molar-refractivity contribution in [1.82, 2.24) is 14.8 Å². The van der Waals surface area contributed by atoms with Crippen LogP contribution in [0.4, 0.5) is 0 Å². The lowest BCUT2D eigenvalue weighted by Crippen LogP contribution is -2.38. The summed E-state index contributed by atoms with van der Waals surface area (Å²) < 4.78 is 12.3. The molecular weight excluding hydrogens is 434 g/mol. The fraction of sp³-hybridized carbons (Fsp3) is 0.423. The number of hydrogen-bond donors (Lipinski definition) is 1. The molecule has 2 aromatic rings. The van der Waals surface area contributed by atoms with E-state index in [0.29, 0.717) is 49.6 Å². The van der Waals surface area contributed by atoms with Crippen molar-refractivity contribution in [3.05, 3.63) is 69.7 Å². The molecule has 34 heavy (non-hydrogen) atoms. The molecule has 0 bridgehead atoms. The maximum Gasteiger partial charge on any atom is 0.257 e. The second-order valence-electron chi connectivity index (χ2n) is 8.62. The van der Waals surface area contributed by atoms with Crippen molar-refractivity contribution < 1.29 is 19.1 Å². The number of ether oxygens (including phenoxy) is 2. The average Bonchev–Trinajstić information content (AvgIpc) is 3.11. The summed E-state index contributed by atoms with van der Waals surface area (Å²) >= 11 is 0. The van der Waals surface area contributed by atoms with Gasteiger partial charge in [-0.2, -0.15) is 0 Å². The van der Waals surface area contributed by atoms with E-state index in [-0.39, 0.29) is 29.0 Å². The van der Waals surface area contributed by atoms with Gasteiger partial charge in [0, 0.05) is 50.3 Å². The zero-order chi connectivity index (χ0) is 24.1. The van der Waals surface area contributed by atoms with Crippen molar-refractivity contribution in [3.63, 3.8) is 0 Å². The maximum atomic E-state index is 13.3. The van der Waals surface area contributed by atoms with E-state index in [0.717, 1.165) is 24.8 Å². The molecule has 2 amide bonds. The summed E-state index contributed by atoms with van der Waals surface area (Å²) in [7, 11) is 3.05. The van der Waals surface area contributed by atoms with Gasteiger partial charge in [0.05, 0.1) is 14.2 Å². The molecule has 1 N–H and O–H groups in total. The summed E-state index contributed by atoms with van der Waals surface area (Å²) in [6.07, 6.45) is 7.11. The van der Waals surface area contributed by atoms with Crippen molar-refractivity contribution in [2.75, 3.05) is 27.3 Å². The van der Waals surface area contributed by atoms with E-state index in [1.54, 1.807) is 11.7 Å². The Kier molecular flexibility index (Phi) is 7.35. The minimum absolute atomic E-state index is 0.0110. The van der Waals surface area contributed by atoms with E-state index in [9.17, 15) is 14.4 Å². The maximum absolute atomic E-state index is 13.3. The number of methoxy groups -OCH3 is 2. The quantitative estimate of drug-likeness (QED) is 0.663. The number of nitrogens with one attached hydrogen (secondary N) is 1. The highest BCUT2D eigenvalue weighted by molar-refractivity contribution is 5.98. The Hall–Kier alpha value is -3.55. The Balaban J connectivity index is 1.56. The standard InChI is InChI=1S/C26H31N3O5/c1-33-20-10-6-7-18(15-20)17-27-25(31)24-21-11-12-28(26(32)19-8-4-3-5-9-19)13-14-29(21)23(30)16-22(24)34-2/h3-4,6-7,10,15-16,19H,5,8-9,11-14,17H2,1-2H3,(H,27,31)/t19-/m1/s1. The van der Waals surface area contributed by atoms with E-state index >= 15 is 0 Å². The Labute approximate surface area is 199 Å². The van der Waals surface area contributed by atoms with Gasteiger partial charge in [0.2, 0.25) is 5.91 Å². The molecule has 0 saturated heterocycles. The predicted molar refractivity (Wildman–Crippen MR) is 128 cm³/mol. The first-order valence-electron chi connectivity index (χ1n) is 11.7. The van der Waals surface area contributed by atoms with Gasteiger partial charge in [-0.05, 0) is 37.0 Å². The summed E-state index contributed by atoms with van der Waals surface area (Å²) in [5.41, 5.74) is 1.61. The second kappa shape index (κ2) is 10.6. The Morgan fingerprint density at radius 1 is 1.09 bits per heavy atom. The van der Waals surface area contributed by atoms with Gasteiger partial charge in [0.1, 0.15) is 17.1 Å². The molecule has 0 unspecified atom stereocenters. The van der Waals surface area contributed by atoms with Crippen molar-refractivity contribution in [1.29, 1.82) is 0 Å². The van der Waals surface area contributed by atoms with E-state index in [1.165, 1.54) is 13.2 Å². The molecule has 1 atom stereocenters. The lowest BCUT2D eigenvalue weighted by molar-refractivity contribution is -0.135. The molecule has 1 aromatic carbocycles. The van der Waals surface area contributed by atoms with Crippen molar-refractivity contribution in [3.8, 4) is 11.5 Å². The van der Waals surface area contributed by atoms with Gasteiger partial charge in [0.25, 0.3) is 11.5 Å². The molecule has 1 aromatic heterocycles. The van der Waals surface area contributed by atoms with Gasteiger partial charge in [-0.15, -0.1) is 0 Å². The zero-order valence-electron chi connectivity index (χ0n) is 19.7.